The largest absolute Gasteiger partial charge is 0.380 e. The number of ether oxygens (including phenoxy) is 3. The fraction of sp³-hybridized carbons (Fsp3) is 0.429. The van der Waals surface area contributed by atoms with Crippen LogP contribution >= 0.6 is 0 Å². The number of anilines is 1. The Hall–Kier alpha value is -2.88. The van der Waals surface area contributed by atoms with Crippen LogP contribution in [0.15, 0.2) is 24.4 Å². The number of rotatable bonds is 6. The van der Waals surface area contributed by atoms with Crippen LogP contribution < -0.4 is 5.32 Å². The molecule has 1 saturated heterocycles. The Labute approximate surface area is 174 Å². The van der Waals surface area contributed by atoms with Gasteiger partial charge in [-0.05, 0) is 23.8 Å². The molecule has 3 aromatic rings. The van der Waals surface area contributed by atoms with Gasteiger partial charge in [0.2, 0.25) is 5.91 Å². The van der Waals surface area contributed by atoms with Crippen molar-refractivity contribution in [3.63, 3.8) is 0 Å². The molecule has 1 N–H and O–H groups in total. The second-order valence-corrected chi connectivity index (χ2v) is 7.42. The summed E-state index contributed by atoms with van der Waals surface area (Å²) in [5.41, 5.74) is 3.41. The molecule has 158 valence electrons. The quantitative estimate of drug-likeness (QED) is 0.665. The van der Waals surface area contributed by atoms with E-state index in [2.05, 4.69) is 15.4 Å². The molecule has 1 unspecified atom stereocenters. The summed E-state index contributed by atoms with van der Waals surface area (Å²) in [6, 6.07) is 5.78. The zero-order valence-corrected chi connectivity index (χ0v) is 17.6. The Balaban J connectivity index is 1.89. The van der Waals surface area contributed by atoms with Crippen LogP contribution in [0.4, 0.5) is 5.82 Å². The third kappa shape index (κ3) is 3.67. The summed E-state index contributed by atoms with van der Waals surface area (Å²) in [6.45, 7) is 2.96. The minimum Gasteiger partial charge on any atom is -0.380 e. The molecule has 0 aromatic carbocycles. The highest BCUT2D eigenvalue weighted by atomic mass is 16.5. The van der Waals surface area contributed by atoms with Gasteiger partial charge in [0.25, 0.3) is 0 Å². The number of hydrogen-bond acceptors (Lipinski definition) is 7. The summed E-state index contributed by atoms with van der Waals surface area (Å²) in [4.78, 5) is 20.7. The molecule has 30 heavy (non-hydrogen) atoms. The lowest BCUT2D eigenvalue weighted by molar-refractivity contribution is -0.114. The molecule has 0 bridgehead atoms. The van der Waals surface area contributed by atoms with Crippen LogP contribution in [0, 0.1) is 0 Å². The first-order valence-corrected chi connectivity index (χ1v) is 9.70. The molecule has 1 fully saturated rings. The van der Waals surface area contributed by atoms with Crippen molar-refractivity contribution in [1.82, 2.24) is 19.7 Å². The highest BCUT2D eigenvalue weighted by Gasteiger charge is 2.39. The maximum atomic E-state index is 11.5. The number of hydrogen-bond donors (Lipinski definition) is 1. The van der Waals surface area contributed by atoms with Crippen molar-refractivity contribution in [1.29, 1.82) is 0 Å². The Morgan fingerprint density at radius 2 is 2.17 bits per heavy atom. The molecule has 3 aromatic heterocycles. The molecule has 9 heteroatoms. The summed E-state index contributed by atoms with van der Waals surface area (Å²) in [6.07, 6.45) is 2.42. The van der Waals surface area contributed by atoms with Gasteiger partial charge >= 0.3 is 0 Å². The molecule has 1 atom stereocenters. The van der Waals surface area contributed by atoms with E-state index in [1.807, 2.05) is 25.2 Å². The van der Waals surface area contributed by atoms with Crippen LogP contribution in [0.5, 0.6) is 0 Å². The number of aromatic nitrogens is 4. The van der Waals surface area contributed by atoms with Gasteiger partial charge < -0.3 is 19.5 Å². The van der Waals surface area contributed by atoms with Gasteiger partial charge in [-0.1, -0.05) is 0 Å². The van der Waals surface area contributed by atoms with E-state index in [4.69, 9.17) is 19.2 Å². The summed E-state index contributed by atoms with van der Waals surface area (Å²) < 4.78 is 18.6. The van der Waals surface area contributed by atoms with Crippen molar-refractivity contribution in [2.45, 2.75) is 25.6 Å². The van der Waals surface area contributed by atoms with E-state index in [1.54, 1.807) is 25.1 Å². The Bertz CT molecular complexity index is 1090. The first-order valence-electron chi connectivity index (χ1n) is 9.70. The molecule has 0 spiro atoms. The topological polar surface area (TPSA) is 100 Å². The number of carbonyl (C=O) groups is 1. The first kappa shape index (κ1) is 20.4. The molecular weight excluding hydrogens is 386 g/mol. The summed E-state index contributed by atoms with van der Waals surface area (Å²) in [7, 11) is 5.19. The van der Waals surface area contributed by atoms with Gasteiger partial charge in [-0.2, -0.15) is 5.10 Å². The molecule has 1 amide bonds. The summed E-state index contributed by atoms with van der Waals surface area (Å²) in [5, 5.41) is 8.26. The van der Waals surface area contributed by atoms with Gasteiger partial charge in [0.15, 0.2) is 0 Å². The number of aryl methyl sites for hydroxylation is 1. The Kier molecular flexibility index (Phi) is 5.50. The van der Waals surface area contributed by atoms with Crippen LogP contribution in [0.2, 0.25) is 0 Å². The summed E-state index contributed by atoms with van der Waals surface area (Å²) >= 11 is 0. The van der Waals surface area contributed by atoms with Crippen LogP contribution in [0.3, 0.4) is 0 Å². The van der Waals surface area contributed by atoms with E-state index in [0.29, 0.717) is 37.0 Å². The number of pyridine rings is 2. The van der Waals surface area contributed by atoms with E-state index in [-0.39, 0.29) is 5.91 Å². The molecule has 0 saturated carbocycles. The van der Waals surface area contributed by atoms with Crippen LogP contribution in [0.25, 0.3) is 22.3 Å². The van der Waals surface area contributed by atoms with Gasteiger partial charge in [0, 0.05) is 46.6 Å². The number of carbonyl (C=O) groups excluding carboxylic acids is 1. The Morgan fingerprint density at radius 1 is 1.33 bits per heavy atom. The lowest BCUT2D eigenvalue weighted by atomic mass is 9.95. The van der Waals surface area contributed by atoms with E-state index >= 15 is 0 Å². The number of nitrogens with one attached hydrogen (secondary N) is 1. The first-order chi connectivity index (χ1) is 14.5. The van der Waals surface area contributed by atoms with Gasteiger partial charge in [-0.25, -0.2) is 9.97 Å². The molecule has 1 aliphatic heterocycles. The van der Waals surface area contributed by atoms with Crippen molar-refractivity contribution in [3.05, 3.63) is 35.7 Å². The van der Waals surface area contributed by atoms with Crippen molar-refractivity contribution >= 4 is 22.6 Å². The minimum absolute atomic E-state index is 0.182. The summed E-state index contributed by atoms with van der Waals surface area (Å²) in [5.74, 6) is 0.285. The SMILES string of the molecule is COCc1cc(-c2nn(C)c3cnc(NC(C)=O)cc23)nc(C2(OC)CCOC2)c1. The van der Waals surface area contributed by atoms with Gasteiger partial charge in [-0.3, -0.25) is 9.48 Å². The monoisotopic (exact) mass is 411 g/mol. The molecule has 1 aliphatic rings. The van der Waals surface area contributed by atoms with E-state index in [1.165, 1.54) is 6.92 Å². The number of amides is 1. The maximum Gasteiger partial charge on any atom is 0.222 e. The lowest BCUT2D eigenvalue weighted by Crippen LogP contribution is -2.30. The van der Waals surface area contributed by atoms with Gasteiger partial charge in [0.1, 0.15) is 17.1 Å². The average molecular weight is 411 g/mol. The highest BCUT2D eigenvalue weighted by Crippen LogP contribution is 2.36. The molecule has 9 nitrogen and oxygen atoms in total. The smallest absolute Gasteiger partial charge is 0.222 e. The third-order valence-electron chi connectivity index (χ3n) is 5.32. The molecule has 4 rings (SSSR count). The average Bonchev–Trinajstić information content (AvgIpc) is 3.33. The minimum atomic E-state index is -0.591. The van der Waals surface area contributed by atoms with Crippen LogP contribution in [-0.2, 0) is 38.3 Å². The molecule has 0 aliphatic carbocycles. The van der Waals surface area contributed by atoms with Crippen LogP contribution in [0.1, 0.15) is 24.6 Å². The van der Waals surface area contributed by atoms with Crippen molar-refractivity contribution in [3.8, 4) is 11.4 Å². The number of methoxy groups -OCH3 is 2. The van der Waals surface area contributed by atoms with E-state index in [0.717, 1.165) is 28.6 Å². The zero-order chi connectivity index (χ0) is 21.3. The van der Waals surface area contributed by atoms with Crippen LogP contribution in [-0.4, -0.2) is 53.1 Å². The maximum absolute atomic E-state index is 11.5. The van der Waals surface area contributed by atoms with Crippen molar-refractivity contribution < 1.29 is 19.0 Å². The zero-order valence-electron chi connectivity index (χ0n) is 17.6. The van der Waals surface area contributed by atoms with Crippen molar-refractivity contribution in [2.75, 3.05) is 32.8 Å². The number of fused-ring (bicyclic) bond motifs is 1. The highest BCUT2D eigenvalue weighted by molar-refractivity contribution is 5.96. The fourth-order valence-corrected chi connectivity index (χ4v) is 3.80. The Morgan fingerprint density at radius 3 is 2.83 bits per heavy atom. The van der Waals surface area contributed by atoms with Gasteiger partial charge in [0.05, 0.1) is 36.3 Å². The lowest BCUT2D eigenvalue weighted by Gasteiger charge is -2.26. The fourth-order valence-electron chi connectivity index (χ4n) is 3.80. The third-order valence-corrected chi connectivity index (χ3v) is 5.32. The van der Waals surface area contributed by atoms with Gasteiger partial charge in [-0.15, -0.1) is 0 Å². The second-order valence-electron chi connectivity index (χ2n) is 7.42. The standard InChI is InChI=1S/C21H25N5O4/c1-13(27)23-19-9-15-17(10-22-19)26(2)25-20(15)16-7-14(11-28-3)8-18(24-16)21(29-4)5-6-30-12-21/h7-10H,5-6,11-12H2,1-4H3,(H,22,23,27). The number of nitrogens with zero attached hydrogens (tertiary/aromatic N) is 4. The van der Waals surface area contributed by atoms with Crippen molar-refractivity contribution in [2.24, 2.45) is 7.05 Å². The normalized spacial score (nSPS) is 18.8. The molecule has 4 heterocycles. The molecule has 0 radical (unpaired) electrons. The molecular formula is C21H25N5O4. The predicted molar refractivity (Wildman–Crippen MR) is 111 cm³/mol. The second kappa shape index (κ2) is 8.10. The van der Waals surface area contributed by atoms with E-state index in [9.17, 15) is 4.79 Å². The van der Waals surface area contributed by atoms with E-state index < -0.39 is 5.60 Å². The predicted octanol–water partition coefficient (Wildman–Crippen LogP) is 2.40.